The maximum atomic E-state index is 13.0. The number of imidazole rings is 1. The van der Waals surface area contributed by atoms with Crippen molar-refractivity contribution in [3.8, 4) is 0 Å². The second-order valence-corrected chi connectivity index (χ2v) is 9.90. The third kappa shape index (κ3) is 4.59. The quantitative estimate of drug-likeness (QED) is 0.568. The van der Waals surface area contributed by atoms with Crippen molar-refractivity contribution >= 4 is 32.7 Å². The molecule has 2 heterocycles. The van der Waals surface area contributed by atoms with Crippen LogP contribution in [0, 0.1) is 6.92 Å². The number of hydrogen-bond donors (Lipinski definition) is 1. The number of anilines is 1. The van der Waals surface area contributed by atoms with Gasteiger partial charge in [0.1, 0.15) is 0 Å². The summed E-state index contributed by atoms with van der Waals surface area (Å²) in [6.07, 6.45) is 0.0809. The summed E-state index contributed by atoms with van der Waals surface area (Å²) in [6.45, 7) is 5.82. The van der Waals surface area contributed by atoms with E-state index in [0.29, 0.717) is 38.5 Å². The Bertz CT molecular complexity index is 1340. The molecule has 9 nitrogen and oxygen atoms in total. The van der Waals surface area contributed by atoms with Crippen molar-refractivity contribution in [1.82, 2.24) is 13.4 Å². The van der Waals surface area contributed by atoms with E-state index < -0.39 is 10.0 Å². The lowest BCUT2D eigenvalue weighted by molar-refractivity contribution is -0.116. The average Bonchev–Trinajstić information content (AvgIpc) is 3.10. The molecule has 176 valence electrons. The largest absolute Gasteiger partial charge is 0.379 e. The number of rotatable bonds is 7. The van der Waals surface area contributed by atoms with Crippen LogP contribution >= 0.6 is 0 Å². The zero-order valence-electron chi connectivity index (χ0n) is 18.8. The molecule has 3 aromatic rings. The van der Waals surface area contributed by atoms with Crippen LogP contribution in [0.15, 0.2) is 52.2 Å². The van der Waals surface area contributed by atoms with Crippen LogP contribution in [0.4, 0.5) is 5.69 Å². The van der Waals surface area contributed by atoms with E-state index in [9.17, 15) is 18.0 Å². The molecule has 0 bridgehead atoms. The number of aryl methyl sites for hydroxylation is 3. The number of carbonyl (C=O) groups excluding carboxylic acids is 1. The topological polar surface area (TPSA) is 103 Å². The van der Waals surface area contributed by atoms with Crippen molar-refractivity contribution in [2.24, 2.45) is 0 Å². The van der Waals surface area contributed by atoms with Crippen molar-refractivity contribution in [2.45, 2.75) is 38.3 Å². The highest BCUT2D eigenvalue weighted by molar-refractivity contribution is 7.89. The number of aromatic nitrogens is 2. The molecule has 1 fully saturated rings. The Hall–Kier alpha value is -2.95. The summed E-state index contributed by atoms with van der Waals surface area (Å²) in [7, 11) is -3.67. The van der Waals surface area contributed by atoms with Gasteiger partial charge < -0.3 is 10.1 Å². The number of para-hydroxylation sites is 2. The average molecular weight is 473 g/mol. The number of benzene rings is 2. The fourth-order valence-corrected chi connectivity index (χ4v) is 5.49. The van der Waals surface area contributed by atoms with Crippen LogP contribution in [0.5, 0.6) is 0 Å². The molecule has 2 aromatic carbocycles. The second-order valence-electron chi connectivity index (χ2n) is 7.96. The first-order valence-electron chi connectivity index (χ1n) is 11.0. The summed E-state index contributed by atoms with van der Waals surface area (Å²) in [5.41, 5.74) is 2.66. The van der Waals surface area contributed by atoms with Crippen LogP contribution in [0.3, 0.4) is 0 Å². The standard InChI is InChI=1S/C23H28N4O5S/c1-3-26-20-6-4-5-7-21(20)27(23(26)29)11-10-22(28)24-19-16-18(9-8-17(19)2)33(30,31)25-12-14-32-15-13-25/h4-9,16H,3,10-15H2,1-2H3,(H,24,28). The molecule has 1 aliphatic rings. The summed E-state index contributed by atoms with van der Waals surface area (Å²) in [4.78, 5) is 25.6. The summed E-state index contributed by atoms with van der Waals surface area (Å²) >= 11 is 0. The normalized spacial score (nSPS) is 15.1. The van der Waals surface area contributed by atoms with Gasteiger partial charge in [-0.1, -0.05) is 18.2 Å². The van der Waals surface area contributed by atoms with Crippen LogP contribution in [0.1, 0.15) is 18.9 Å². The predicted octanol–water partition coefficient (Wildman–Crippen LogP) is 2.18. The molecule has 0 aliphatic carbocycles. The molecule has 0 radical (unpaired) electrons. The molecular formula is C23H28N4O5S. The third-order valence-corrected chi connectivity index (χ3v) is 7.79. The van der Waals surface area contributed by atoms with Crippen molar-refractivity contribution in [1.29, 1.82) is 0 Å². The van der Waals surface area contributed by atoms with Crippen LogP contribution in [-0.4, -0.2) is 54.1 Å². The molecule has 0 spiro atoms. The zero-order valence-corrected chi connectivity index (χ0v) is 19.6. The number of ether oxygens (including phenoxy) is 1. The Balaban J connectivity index is 1.51. The van der Waals surface area contributed by atoms with Gasteiger partial charge in [-0.2, -0.15) is 4.31 Å². The minimum Gasteiger partial charge on any atom is -0.379 e. The number of fused-ring (bicyclic) bond motifs is 1. The lowest BCUT2D eigenvalue weighted by atomic mass is 10.2. The third-order valence-electron chi connectivity index (χ3n) is 5.89. The van der Waals surface area contributed by atoms with Crippen molar-refractivity contribution in [2.75, 3.05) is 31.6 Å². The molecule has 0 unspecified atom stereocenters. The van der Waals surface area contributed by atoms with Gasteiger partial charge >= 0.3 is 5.69 Å². The molecular weight excluding hydrogens is 444 g/mol. The summed E-state index contributed by atoms with van der Waals surface area (Å²) in [5.74, 6) is -0.292. The second kappa shape index (κ2) is 9.50. The van der Waals surface area contributed by atoms with Gasteiger partial charge in [0.2, 0.25) is 15.9 Å². The van der Waals surface area contributed by atoms with Gasteiger partial charge in [0.05, 0.1) is 29.1 Å². The minimum atomic E-state index is -3.67. The van der Waals surface area contributed by atoms with Crippen LogP contribution < -0.4 is 11.0 Å². The molecule has 1 amide bonds. The highest BCUT2D eigenvalue weighted by Crippen LogP contribution is 2.24. The first-order chi connectivity index (χ1) is 15.8. The van der Waals surface area contributed by atoms with Gasteiger partial charge in [-0.3, -0.25) is 13.9 Å². The monoisotopic (exact) mass is 472 g/mol. The van der Waals surface area contributed by atoms with E-state index in [1.807, 2.05) is 31.2 Å². The smallest absolute Gasteiger partial charge is 0.329 e. The van der Waals surface area contributed by atoms with Gasteiger partial charge in [-0.25, -0.2) is 13.2 Å². The van der Waals surface area contributed by atoms with Gasteiger partial charge in [0.25, 0.3) is 0 Å². The van der Waals surface area contributed by atoms with Gasteiger partial charge in [-0.05, 0) is 43.7 Å². The summed E-state index contributed by atoms with van der Waals surface area (Å²) in [5, 5.41) is 2.82. The predicted molar refractivity (Wildman–Crippen MR) is 126 cm³/mol. The summed E-state index contributed by atoms with van der Waals surface area (Å²) < 4.78 is 35.8. The number of sulfonamides is 1. The lowest BCUT2D eigenvalue weighted by Gasteiger charge is -2.26. The van der Waals surface area contributed by atoms with Gasteiger partial charge in [0, 0.05) is 38.3 Å². The molecule has 4 rings (SSSR count). The highest BCUT2D eigenvalue weighted by atomic mass is 32.2. The molecule has 0 atom stereocenters. The van der Waals surface area contributed by atoms with Gasteiger partial charge in [0.15, 0.2) is 0 Å². The first kappa shape index (κ1) is 23.2. The van der Waals surface area contributed by atoms with E-state index in [1.165, 1.54) is 10.4 Å². The molecule has 0 saturated carbocycles. The minimum absolute atomic E-state index is 0.0809. The van der Waals surface area contributed by atoms with E-state index in [4.69, 9.17) is 4.74 Å². The van der Waals surface area contributed by atoms with Crippen LogP contribution in [0.2, 0.25) is 0 Å². The van der Waals surface area contributed by atoms with E-state index in [2.05, 4.69) is 5.32 Å². The number of carbonyl (C=O) groups is 1. The Kier molecular flexibility index (Phi) is 6.68. The Morgan fingerprint density at radius 2 is 1.73 bits per heavy atom. The molecule has 1 N–H and O–H groups in total. The molecule has 1 aromatic heterocycles. The zero-order chi connectivity index (χ0) is 23.6. The van der Waals surface area contributed by atoms with Crippen LogP contribution in [-0.2, 0) is 32.6 Å². The van der Waals surface area contributed by atoms with Crippen molar-refractivity contribution in [3.05, 3.63) is 58.5 Å². The number of morpholine rings is 1. The fraction of sp³-hybridized carbons (Fsp3) is 0.391. The molecule has 1 aliphatic heterocycles. The number of nitrogens with one attached hydrogen (secondary N) is 1. The Labute approximate surface area is 192 Å². The fourth-order valence-electron chi connectivity index (χ4n) is 4.05. The number of hydrogen-bond acceptors (Lipinski definition) is 5. The highest BCUT2D eigenvalue weighted by Gasteiger charge is 2.27. The van der Waals surface area contributed by atoms with E-state index in [0.717, 1.165) is 16.6 Å². The first-order valence-corrected chi connectivity index (χ1v) is 12.4. The summed E-state index contributed by atoms with van der Waals surface area (Å²) in [6, 6.07) is 12.2. The maximum absolute atomic E-state index is 13.0. The lowest BCUT2D eigenvalue weighted by Crippen LogP contribution is -2.40. The molecule has 33 heavy (non-hydrogen) atoms. The Morgan fingerprint density at radius 3 is 2.39 bits per heavy atom. The maximum Gasteiger partial charge on any atom is 0.329 e. The molecule has 10 heteroatoms. The number of amides is 1. The SMILES string of the molecule is CCn1c(=O)n(CCC(=O)Nc2cc(S(=O)(=O)N3CCOCC3)ccc2C)c2ccccc21. The van der Waals surface area contributed by atoms with Gasteiger partial charge in [-0.15, -0.1) is 0 Å². The van der Waals surface area contributed by atoms with E-state index in [1.54, 1.807) is 28.2 Å². The van der Waals surface area contributed by atoms with E-state index in [-0.39, 0.29) is 29.5 Å². The molecule has 1 saturated heterocycles. The number of nitrogens with zero attached hydrogens (tertiary/aromatic N) is 3. The van der Waals surface area contributed by atoms with Crippen molar-refractivity contribution < 1.29 is 17.9 Å². The Morgan fingerprint density at radius 1 is 1.06 bits per heavy atom. The van der Waals surface area contributed by atoms with Crippen molar-refractivity contribution in [3.63, 3.8) is 0 Å². The van der Waals surface area contributed by atoms with Crippen LogP contribution in [0.25, 0.3) is 11.0 Å². The van der Waals surface area contributed by atoms with E-state index >= 15 is 0 Å².